The molecule has 0 bridgehead atoms. The van der Waals surface area contributed by atoms with Crippen LogP contribution in [0, 0.1) is 27.7 Å². The zero-order valence-corrected chi connectivity index (χ0v) is 38.3. The molecule has 2 nitrogen and oxygen atoms in total. The van der Waals surface area contributed by atoms with Gasteiger partial charge in [-0.3, -0.25) is 9.80 Å². The maximum absolute atomic E-state index is 2.48. The van der Waals surface area contributed by atoms with E-state index in [0.29, 0.717) is 0 Å². The SMILES string of the molecule is Cc1cc(-c2ccccc2)sc1N(c1ccc(-c2ccc(N(c3sc(-c4ccccc4)cc3C)c3sc(-c4ccccc4)cc3C)cc2)cc1)c1sc(-c2ccccc2)cc1C. The van der Waals surface area contributed by atoms with Crippen LogP contribution in [-0.2, 0) is 0 Å². The van der Waals surface area contributed by atoms with Crippen molar-refractivity contribution in [2.24, 2.45) is 0 Å². The van der Waals surface area contributed by atoms with Crippen LogP contribution < -0.4 is 9.80 Å². The molecule has 0 fully saturated rings. The van der Waals surface area contributed by atoms with Gasteiger partial charge in [0.2, 0.25) is 0 Å². The Morgan fingerprint density at radius 2 is 0.484 bits per heavy atom. The van der Waals surface area contributed by atoms with Gasteiger partial charge in [-0.2, -0.15) is 0 Å². The second kappa shape index (κ2) is 17.2. The molecule has 0 aliphatic carbocycles. The maximum atomic E-state index is 2.48. The first-order chi connectivity index (χ1) is 30.4. The van der Waals surface area contributed by atoms with E-state index in [-0.39, 0.29) is 0 Å². The largest absolute Gasteiger partial charge is 0.293 e. The minimum absolute atomic E-state index is 1.15. The van der Waals surface area contributed by atoms with E-state index in [1.807, 2.05) is 45.3 Å². The number of rotatable bonds is 11. The Morgan fingerprint density at radius 1 is 0.258 bits per heavy atom. The van der Waals surface area contributed by atoms with Crippen molar-refractivity contribution in [1.82, 2.24) is 0 Å². The first-order valence-corrected chi connectivity index (χ1v) is 24.1. The second-order valence-electron chi connectivity index (χ2n) is 15.6. The molecular formula is C56H44N2S4. The average molecular weight is 873 g/mol. The highest BCUT2D eigenvalue weighted by Crippen LogP contribution is 2.51. The summed E-state index contributed by atoms with van der Waals surface area (Å²) in [7, 11) is 0. The van der Waals surface area contributed by atoms with Crippen LogP contribution in [0.2, 0.25) is 0 Å². The zero-order valence-electron chi connectivity index (χ0n) is 35.0. The Labute approximate surface area is 380 Å². The lowest BCUT2D eigenvalue weighted by Gasteiger charge is -2.25. The Morgan fingerprint density at radius 3 is 0.710 bits per heavy atom. The summed E-state index contributed by atoms with van der Waals surface area (Å²) in [6.45, 7) is 8.97. The van der Waals surface area contributed by atoms with Crippen LogP contribution in [0.15, 0.2) is 194 Å². The number of benzene rings is 6. The number of thiophene rings is 4. The van der Waals surface area contributed by atoms with Crippen molar-refractivity contribution < 1.29 is 0 Å². The van der Waals surface area contributed by atoms with Gasteiger partial charge in [-0.05, 0) is 132 Å². The van der Waals surface area contributed by atoms with Gasteiger partial charge in [0.05, 0.1) is 0 Å². The van der Waals surface area contributed by atoms with Gasteiger partial charge in [0, 0.05) is 30.9 Å². The van der Waals surface area contributed by atoms with Crippen molar-refractivity contribution in [1.29, 1.82) is 0 Å². The van der Waals surface area contributed by atoms with Crippen LogP contribution >= 0.6 is 45.3 Å². The van der Waals surface area contributed by atoms with E-state index in [2.05, 4.69) is 232 Å². The van der Waals surface area contributed by atoms with E-state index >= 15 is 0 Å². The summed E-state index contributed by atoms with van der Waals surface area (Å²) in [6, 6.07) is 70.6. The van der Waals surface area contributed by atoms with Crippen LogP contribution in [-0.4, -0.2) is 0 Å². The molecule has 4 aromatic heterocycles. The standard InChI is InChI=1S/C56H44N2S4/c1-37-33-49(43-17-9-5-10-18-43)59-53(37)57(54-38(2)34-50(60-54)44-19-11-6-12-20-44)47-29-25-41(26-30-47)42-27-31-48(32-28-42)58(55-39(3)35-51(61-55)45-21-13-7-14-22-45)56-40(4)36-52(62-56)46-23-15-8-16-24-46/h5-36H,1-4H3. The molecule has 0 amide bonds. The van der Waals surface area contributed by atoms with Gasteiger partial charge in [0.15, 0.2) is 0 Å². The zero-order chi connectivity index (χ0) is 42.2. The molecule has 10 aromatic rings. The molecule has 0 aliphatic rings. The highest BCUT2D eigenvalue weighted by atomic mass is 32.1. The first kappa shape index (κ1) is 39.8. The quantitative estimate of drug-likeness (QED) is 0.128. The topological polar surface area (TPSA) is 6.48 Å². The van der Waals surface area contributed by atoms with Crippen molar-refractivity contribution in [3.63, 3.8) is 0 Å². The fraction of sp³-hybridized carbons (Fsp3) is 0.0714. The Hall–Kier alpha value is -6.28. The summed E-state index contributed by atoms with van der Waals surface area (Å²) in [6.07, 6.45) is 0. The number of anilines is 6. The normalized spacial score (nSPS) is 11.2. The smallest absolute Gasteiger partial charge is 0.104 e. The Kier molecular flexibility index (Phi) is 11.1. The molecule has 0 aliphatic heterocycles. The lowest BCUT2D eigenvalue weighted by molar-refractivity contribution is 1.29. The number of nitrogens with zero attached hydrogens (tertiary/aromatic N) is 2. The molecule has 10 rings (SSSR count). The molecule has 0 unspecified atom stereocenters. The summed E-state index contributed by atoms with van der Waals surface area (Å²) in [5.74, 6) is 0. The van der Waals surface area contributed by atoms with E-state index in [1.165, 1.54) is 95.1 Å². The predicted molar refractivity (Wildman–Crippen MR) is 273 cm³/mol. The number of hydrogen-bond acceptors (Lipinski definition) is 6. The first-order valence-electron chi connectivity index (χ1n) is 20.8. The molecule has 0 atom stereocenters. The molecule has 0 radical (unpaired) electrons. The maximum Gasteiger partial charge on any atom is 0.104 e. The van der Waals surface area contributed by atoms with Gasteiger partial charge in [-0.1, -0.05) is 146 Å². The van der Waals surface area contributed by atoms with Crippen molar-refractivity contribution in [2.75, 3.05) is 9.80 Å². The molecule has 6 heteroatoms. The summed E-state index contributed by atoms with van der Waals surface area (Å²) >= 11 is 7.43. The number of hydrogen-bond donors (Lipinski definition) is 0. The molecule has 62 heavy (non-hydrogen) atoms. The molecule has 0 saturated heterocycles. The Balaban J connectivity index is 1.02. The van der Waals surface area contributed by atoms with Gasteiger partial charge >= 0.3 is 0 Å². The van der Waals surface area contributed by atoms with Gasteiger partial charge < -0.3 is 0 Å². The van der Waals surface area contributed by atoms with E-state index < -0.39 is 0 Å². The lowest BCUT2D eigenvalue weighted by atomic mass is 10.0. The van der Waals surface area contributed by atoms with Crippen molar-refractivity contribution in [2.45, 2.75) is 27.7 Å². The molecule has 302 valence electrons. The fourth-order valence-corrected chi connectivity index (χ4v) is 13.0. The van der Waals surface area contributed by atoms with Crippen LogP contribution in [0.1, 0.15) is 22.3 Å². The van der Waals surface area contributed by atoms with Crippen molar-refractivity contribution >= 4 is 76.7 Å². The monoisotopic (exact) mass is 872 g/mol. The third kappa shape index (κ3) is 7.87. The van der Waals surface area contributed by atoms with Gasteiger partial charge in [-0.15, -0.1) is 45.3 Å². The van der Waals surface area contributed by atoms with Gasteiger partial charge in [-0.25, -0.2) is 0 Å². The molecule has 0 spiro atoms. The van der Waals surface area contributed by atoms with E-state index in [0.717, 1.165) is 11.4 Å². The van der Waals surface area contributed by atoms with Crippen molar-refractivity contribution in [3.05, 3.63) is 216 Å². The van der Waals surface area contributed by atoms with Crippen molar-refractivity contribution in [3.8, 4) is 52.9 Å². The van der Waals surface area contributed by atoms with E-state index in [1.54, 1.807) is 0 Å². The lowest BCUT2D eigenvalue weighted by Crippen LogP contribution is -2.09. The third-order valence-corrected chi connectivity index (χ3v) is 16.3. The van der Waals surface area contributed by atoms with Gasteiger partial charge in [0.1, 0.15) is 20.0 Å². The summed E-state index contributed by atoms with van der Waals surface area (Å²) in [5.41, 5.74) is 14.7. The van der Waals surface area contributed by atoms with Crippen LogP contribution in [0.25, 0.3) is 52.9 Å². The minimum atomic E-state index is 1.15. The van der Waals surface area contributed by atoms with E-state index in [4.69, 9.17) is 0 Å². The molecule has 0 saturated carbocycles. The predicted octanol–water partition coefficient (Wildman–Crippen LogP) is 18.4. The minimum Gasteiger partial charge on any atom is -0.293 e. The molecule has 6 aromatic carbocycles. The highest BCUT2D eigenvalue weighted by Gasteiger charge is 2.25. The molecular weight excluding hydrogens is 829 g/mol. The molecule has 4 heterocycles. The fourth-order valence-electron chi connectivity index (χ4n) is 8.02. The van der Waals surface area contributed by atoms with Gasteiger partial charge in [0.25, 0.3) is 0 Å². The van der Waals surface area contributed by atoms with E-state index in [9.17, 15) is 0 Å². The average Bonchev–Trinajstić information content (AvgIpc) is 4.11. The third-order valence-electron chi connectivity index (χ3n) is 11.2. The Bertz CT molecular complexity index is 2700. The summed E-state index contributed by atoms with van der Waals surface area (Å²) in [4.78, 5) is 10.0. The molecule has 0 N–H and O–H groups in total. The van der Waals surface area contributed by atoms with Crippen LogP contribution in [0.5, 0.6) is 0 Å². The second-order valence-corrected chi connectivity index (χ2v) is 19.7. The van der Waals surface area contributed by atoms with Crippen LogP contribution in [0.3, 0.4) is 0 Å². The highest BCUT2D eigenvalue weighted by molar-refractivity contribution is 7.22. The number of aryl methyl sites for hydroxylation is 4. The van der Waals surface area contributed by atoms with Crippen LogP contribution in [0.4, 0.5) is 31.4 Å². The summed E-state index contributed by atoms with van der Waals surface area (Å²) in [5, 5.41) is 4.96. The summed E-state index contributed by atoms with van der Waals surface area (Å²) < 4.78 is 0.